The summed E-state index contributed by atoms with van der Waals surface area (Å²) in [5.74, 6) is 0.292. The Morgan fingerprint density at radius 3 is 2.09 bits per heavy atom. The highest BCUT2D eigenvalue weighted by Crippen LogP contribution is 2.25. The van der Waals surface area contributed by atoms with E-state index in [0.29, 0.717) is 12.5 Å². The van der Waals surface area contributed by atoms with Gasteiger partial charge in [0.1, 0.15) is 0 Å². The standard InChI is InChI=1S/C9H20O2/c1-7(2)8(10)9(3,4)6-11-5/h7-8,10H,6H2,1-5H3. The molecule has 0 aliphatic carbocycles. The lowest BCUT2D eigenvalue weighted by Crippen LogP contribution is -2.37. The van der Waals surface area contributed by atoms with Crippen molar-refractivity contribution < 1.29 is 9.84 Å². The lowest BCUT2D eigenvalue weighted by molar-refractivity contribution is -0.0325. The van der Waals surface area contributed by atoms with Crippen molar-refractivity contribution in [2.45, 2.75) is 33.8 Å². The molecule has 0 aliphatic rings. The van der Waals surface area contributed by atoms with Crippen molar-refractivity contribution in [3.8, 4) is 0 Å². The van der Waals surface area contributed by atoms with Crippen molar-refractivity contribution in [2.75, 3.05) is 13.7 Å². The smallest absolute Gasteiger partial charge is 0.0636 e. The molecule has 0 aromatic rings. The molecule has 68 valence electrons. The highest BCUT2D eigenvalue weighted by molar-refractivity contribution is 4.79. The fraction of sp³-hybridized carbons (Fsp3) is 1.00. The van der Waals surface area contributed by atoms with E-state index in [9.17, 15) is 5.11 Å². The zero-order valence-corrected chi connectivity index (χ0v) is 8.22. The summed E-state index contributed by atoms with van der Waals surface area (Å²) in [7, 11) is 1.66. The highest BCUT2D eigenvalue weighted by Gasteiger charge is 2.29. The average Bonchev–Trinajstić information content (AvgIpc) is 1.86. The van der Waals surface area contributed by atoms with Crippen LogP contribution in [0.2, 0.25) is 0 Å². The number of hydrogen-bond acceptors (Lipinski definition) is 2. The van der Waals surface area contributed by atoms with E-state index < -0.39 is 0 Å². The summed E-state index contributed by atoms with van der Waals surface area (Å²) in [6.07, 6.45) is -0.289. The van der Waals surface area contributed by atoms with Gasteiger partial charge >= 0.3 is 0 Å². The first-order valence-electron chi connectivity index (χ1n) is 4.09. The van der Waals surface area contributed by atoms with Crippen molar-refractivity contribution >= 4 is 0 Å². The molecule has 0 amide bonds. The molecule has 11 heavy (non-hydrogen) atoms. The van der Waals surface area contributed by atoms with Gasteiger partial charge < -0.3 is 9.84 Å². The quantitative estimate of drug-likeness (QED) is 0.678. The van der Waals surface area contributed by atoms with Gasteiger partial charge in [-0.1, -0.05) is 27.7 Å². The first kappa shape index (κ1) is 10.9. The van der Waals surface area contributed by atoms with Crippen LogP contribution in [0.4, 0.5) is 0 Å². The highest BCUT2D eigenvalue weighted by atomic mass is 16.5. The Hall–Kier alpha value is -0.0800. The number of hydrogen-bond donors (Lipinski definition) is 1. The van der Waals surface area contributed by atoms with Crippen LogP contribution >= 0.6 is 0 Å². The van der Waals surface area contributed by atoms with Crippen LogP contribution in [0.5, 0.6) is 0 Å². The Bertz CT molecular complexity index is 108. The Kier molecular flexibility index (Phi) is 4.04. The van der Waals surface area contributed by atoms with Crippen LogP contribution in [0.15, 0.2) is 0 Å². The second-order valence-corrected chi connectivity index (χ2v) is 4.11. The van der Waals surface area contributed by atoms with Crippen LogP contribution in [0.25, 0.3) is 0 Å². The largest absolute Gasteiger partial charge is 0.392 e. The molecule has 0 rings (SSSR count). The van der Waals surface area contributed by atoms with E-state index in [1.54, 1.807) is 7.11 Å². The van der Waals surface area contributed by atoms with Gasteiger partial charge in [0.25, 0.3) is 0 Å². The summed E-state index contributed by atoms with van der Waals surface area (Å²) < 4.78 is 5.02. The van der Waals surface area contributed by atoms with Gasteiger partial charge in [-0.05, 0) is 5.92 Å². The molecule has 0 radical (unpaired) electrons. The molecule has 1 unspecified atom stereocenters. The minimum absolute atomic E-state index is 0.136. The molecule has 0 heterocycles. The van der Waals surface area contributed by atoms with Crippen LogP contribution in [-0.4, -0.2) is 24.9 Å². The van der Waals surface area contributed by atoms with Crippen molar-refractivity contribution in [3.05, 3.63) is 0 Å². The summed E-state index contributed by atoms with van der Waals surface area (Å²) in [6.45, 7) is 8.67. The molecule has 0 aromatic carbocycles. The number of rotatable bonds is 4. The number of methoxy groups -OCH3 is 1. The van der Waals surface area contributed by atoms with Crippen LogP contribution in [-0.2, 0) is 4.74 Å². The maximum Gasteiger partial charge on any atom is 0.0636 e. The SMILES string of the molecule is COCC(C)(C)C(O)C(C)C. The van der Waals surface area contributed by atoms with Gasteiger partial charge in [0.2, 0.25) is 0 Å². The molecule has 2 nitrogen and oxygen atoms in total. The van der Waals surface area contributed by atoms with Crippen molar-refractivity contribution in [3.63, 3.8) is 0 Å². The summed E-state index contributed by atoms with van der Waals surface area (Å²) in [6, 6.07) is 0. The average molecular weight is 160 g/mol. The Morgan fingerprint density at radius 1 is 1.36 bits per heavy atom. The summed E-state index contributed by atoms with van der Waals surface area (Å²) in [5.41, 5.74) is -0.136. The second-order valence-electron chi connectivity index (χ2n) is 4.11. The van der Waals surface area contributed by atoms with Crippen molar-refractivity contribution in [2.24, 2.45) is 11.3 Å². The van der Waals surface area contributed by atoms with Crippen LogP contribution < -0.4 is 0 Å². The third-order valence-electron chi connectivity index (χ3n) is 1.95. The lowest BCUT2D eigenvalue weighted by atomic mass is 9.81. The molecule has 2 heteroatoms. The third kappa shape index (κ3) is 3.21. The summed E-state index contributed by atoms with van der Waals surface area (Å²) in [5, 5.41) is 9.71. The van der Waals surface area contributed by atoms with Gasteiger partial charge in [0, 0.05) is 12.5 Å². The molecule has 1 atom stereocenters. The molecule has 0 saturated carbocycles. The monoisotopic (exact) mass is 160 g/mol. The Balaban J connectivity index is 4.05. The van der Waals surface area contributed by atoms with Gasteiger partial charge in [0.15, 0.2) is 0 Å². The maximum atomic E-state index is 9.71. The molecular formula is C9H20O2. The third-order valence-corrected chi connectivity index (χ3v) is 1.95. The first-order chi connectivity index (χ1) is 4.91. The van der Waals surface area contributed by atoms with Crippen LogP contribution in [0.1, 0.15) is 27.7 Å². The fourth-order valence-electron chi connectivity index (χ4n) is 1.36. The summed E-state index contributed by atoms with van der Waals surface area (Å²) >= 11 is 0. The molecule has 0 spiro atoms. The van der Waals surface area contributed by atoms with E-state index in [0.717, 1.165) is 0 Å². The summed E-state index contributed by atoms with van der Waals surface area (Å²) in [4.78, 5) is 0. The van der Waals surface area contributed by atoms with E-state index in [2.05, 4.69) is 0 Å². The minimum Gasteiger partial charge on any atom is -0.392 e. The molecule has 1 N–H and O–H groups in total. The number of aliphatic hydroxyl groups is 1. The molecule has 0 aliphatic heterocycles. The van der Waals surface area contributed by atoms with Gasteiger partial charge in [0.05, 0.1) is 12.7 Å². The minimum atomic E-state index is -0.289. The molecule has 0 fully saturated rings. The zero-order valence-electron chi connectivity index (χ0n) is 8.22. The molecular weight excluding hydrogens is 140 g/mol. The van der Waals surface area contributed by atoms with E-state index in [1.807, 2.05) is 27.7 Å². The van der Waals surface area contributed by atoms with Gasteiger partial charge in [-0.2, -0.15) is 0 Å². The predicted octanol–water partition coefficient (Wildman–Crippen LogP) is 1.68. The lowest BCUT2D eigenvalue weighted by Gasteiger charge is -2.32. The number of aliphatic hydroxyl groups excluding tert-OH is 1. The zero-order chi connectivity index (χ0) is 9.07. The van der Waals surface area contributed by atoms with E-state index in [4.69, 9.17) is 4.74 Å². The van der Waals surface area contributed by atoms with E-state index >= 15 is 0 Å². The predicted molar refractivity (Wildman–Crippen MR) is 46.5 cm³/mol. The number of ether oxygens (including phenoxy) is 1. The van der Waals surface area contributed by atoms with E-state index in [1.165, 1.54) is 0 Å². The van der Waals surface area contributed by atoms with Crippen LogP contribution in [0, 0.1) is 11.3 Å². The molecule has 0 aromatic heterocycles. The van der Waals surface area contributed by atoms with Crippen LogP contribution in [0.3, 0.4) is 0 Å². The maximum absolute atomic E-state index is 9.71. The van der Waals surface area contributed by atoms with Gasteiger partial charge in [-0.3, -0.25) is 0 Å². The molecule has 0 saturated heterocycles. The topological polar surface area (TPSA) is 29.5 Å². The second kappa shape index (κ2) is 4.07. The van der Waals surface area contributed by atoms with Gasteiger partial charge in [-0.25, -0.2) is 0 Å². The Morgan fingerprint density at radius 2 is 1.82 bits per heavy atom. The first-order valence-corrected chi connectivity index (χ1v) is 4.09. The van der Waals surface area contributed by atoms with Gasteiger partial charge in [-0.15, -0.1) is 0 Å². The van der Waals surface area contributed by atoms with E-state index in [-0.39, 0.29) is 11.5 Å². The normalized spacial score (nSPS) is 15.5. The Labute approximate surface area is 69.6 Å². The van der Waals surface area contributed by atoms with Crippen molar-refractivity contribution in [1.82, 2.24) is 0 Å². The van der Waals surface area contributed by atoms with Crippen molar-refractivity contribution in [1.29, 1.82) is 0 Å². The fourth-order valence-corrected chi connectivity index (χ4v) is 1.36. The molecule has 0 bridgehead atoms.